The summed E-state index contributed by atoms with van der Waals surface area (Å²) in [7, 11) is 0. The predicted octanol–water partition coefficient (Wildman–Crippen LogP) is 2.46. The van der Waals surface area contributed by atoms with Crippen LogP contribution >= 0.6 is 0 Å². The smallest absolute Gasteiger partial charge is 0.289 e. The average molecular weight is 224 g/mol. The first kappa shape index (κ1) is 12.7. The van der Waals surface area contributed by atoms with Gasteiger partial charge < -0.3 is 9.73 Å². The lowest BCUT2D eigenvalue weighted by Crippen LogP contribution is -2.29. The average Bonchev–Trinajstić information content (AvgIpc) is 2.59. The number of hydrogen-bond acceptors (Lipinski definition) is 3. The van der Waals surface area contributed by atoms with E-state index in [4.69, 9.17) is 4.42 Å². The van der Waals surface area contributed by atoms with Crippen molar-refractivity contribution >= 4 is 5.91 Å². The molecule has 0 aliphatic heterocycles. The van der Waals surface area contributed by atoms with Gasteiger partial charge in [-0.25, -0.2) is 4.98 Å². The maximum atomic E-state index is 11.8. The number of amides is 1. The number of oxazole rings is 1. The number of nitrogens with one attached hydrogen (secondary N) is 1. The van der Waals surface area contributed by atoms with E-state index in [0.29, 0.717) is 29.8 Å². The SMILES string of the molecule is CCC(CC)CNC(=O)c1oc(C)nc1C. The predicted molar refractivity (Wildman–Crippen MR) is 62.4 cm³/mol. The van der Waals surface area contributed by atoms with Crippen molar-refractivity contribution in [3.05, 3.63) is 17.3 Å². The summed E-state index contributed by atoms with van der Waals surface area (Å²) in [4.78, 5) is 15.8. The third-order valence-corrected chi connectivity index (χ3v) is 2.82. The van der Waals surface area contributed by atoms with Gasteiger partial charge in [0.15, 0.2) is 5.89 Å². The Balaban J connectivity index is 2.56. The maximum Gasteiger partial charge on any atom is 0.289 e. The van der Waals surface area contributed by atoms with Gasteiger partial charge in [0.2, 0.25) is 5.76 Å². The third-order valence-electron chi connectivity index (χ3n) is 2.82. The highest BCUT2D eigenvalue weighted by Gasteiger charge is 2.16. The largest absolute Gasteiger partial charge is 0.436 e. The molecule has 1 aromatic heterocycles. The molecule has 1 amide bonds. The fourth-order valence-corrected chi connectivity index (χ4v) is 1.64. The van der Waals surface area contributed by atoms with Crippen LogP contribution in [-0.2, 0) is 0 Å². The molecule has 1 heterocycles. The van der Waals surface area contributed by atoms with Gasteiger partial charge in [-0.3, -0.25) is 4.79 Å². The summed E-state index contributed by atoms with van der Waals surface area (Å²) >= 11 is 0. The van der Waals surface area contributed by atoms with Crippen molar-refractivity contribution in [2.45, 2.75) is 40.5 Å². The number of carbonyl (C=O) groups is 1. The first-order valence-corrected chi connectivity index (χ1v) is 5.80. The summed E-state index contributed by atoms with van der Waals surface area (Å²) in [6.07, 6.45) is 2.15. The normalized spacial score (nSPS) is 10.8. The Hall–Kier alpha value is -1.32. The second-order valence-electron chi connectivity index (χ2n) is 4.04. The van der Waals surface area contributed by atoms with Crippen LogP contribution in [0.1, 0.15) is 48.8 Å². The zero-order chi connectivity index (χ0) is 12.1. The van der Waals surface area contributed by atoms with Crippen LogP contribution in [0.5, 0.6) is 0 Å². The van der Waals surface area contributed by atoms with Crippen molar-refractivity contribution in [2.75, 3.05) is 6.54 Å². The molecule has 0 atom stereocenters. The molecule has 1 rings (SSSR count). The van der Waals surface area contributed by atoms with E-state index in [1.807, 2.05) is 0 Å². The molecule has 0 spiro atoms. The van der Waals surface area contributed by atoms with Crippen molar-refractivity contribution in [1.82, 2.24) is 10.3 Å². The van der Waals surface area contributed by atoms with Gasteiger partial charge in [-0.15, -0.1) is 0 Å². The number of hydrogen-bond donors (Lipinski definition) is 1. The van der Waals surface area contributed by atoms with Gasteiger partial charge in [0.25, 0.3) is 5.91 Å². The summed E-state index contributed by atoms with van der Waals surface area (Å²) in [6, 6.07) is 0. The number of aryl methyl sites for hydroxylation is 2. The zero-order valence-electron chi connectivity index (χ0n) is 10.5. The van der Waals surface area contributed by atoms with Crippen molar-refractivity contribution in [2.24, 2.45) is 5.92 Å². The van der Waals surface area contributed by atoms with Crippen molar-refractivity contribution in [1.29, 1.82) is 0 Å². The van der Waals surface area contributed by atoms with Crippen molar-refractivity contribution < 1.29 is 9.21 Å². The van der Waals surface area contributed by atoms with Crippen LogP contribution in [0.2, 0.25) is 0 Å². The molecule has 0 unspecified atom stereocenters. The molecular formula is C12H20N2O2. The number of aromatic nitrogens is 1. The van der Waals surface area contributed by atoms with E-state index in [1.54, 1.807) is 13.8 Å². The quantitative estimate of drug-likeness (QED) is 0.835. The van der Waals surface area contributed by atoms with Crippen LogP contribution in [0.15, 0.2) is 4.42 Å². The second-order valence-corrected chi connectivity index (χ2v) is 4.04. The fraction of sp³-hybridized carbons (Fsp3) is 0.667. The highest BCUT2D eigenvalue weighted by molar-refractivity contribution is 5.92. The Morgan fingerprint density at radius 1 is 1.38 bits per heavy atom. The monoisotopic (exact) mass is 224 g/mol. The molecule has 0 saturated heterocycles. The van der Waals surface area contributed by atoms with Gasteiger partial charge >= 0.3 is 0 Å². The minimum absolute atomic E-state index is 0.162. The highest BCUT2D eigenvalue weighted by Crippen LogP contribution is 2.10. The van der Waals surface area contributed by atoms with E-state index in [0.717, 1.165) is 12.8 Å². The first-order valence-electron chi connectivity index (χ1n) is 5.80. The van der Waals surface area contributed by atoms with Crippen LogP contribution in [0.4, 0.5) is 0 Å². The summed E-state index contributed by atoms with van der Waals surface area (Å²) < 4.78 is 5.25. The molecular weight excluding hydrogens is 204 g/mol. The van der Waals surface area contributed by atoms with E-state index in [-0.39, 0.29) is 5.91 Å². The molecule has 1 N–H and O–H groups in total. The van der Waals surface area contributed by atoms with Gasteiger partial charge in [-0.1, -0.05) is 26.7 Å². The Bertz CT molecular complexity index is 354. The van der Waals surface area contributed by atoms with Crippen molar-refractivity contribution in [3.8, 4) is 0 Å². The molecule has 0 fully saturated rings. The molecule has 1 aromatic rings. The fourth-order valence-electron chi connectivity index (χ4n) is 1.64. The Morgan fingerprint density at radius 2 is 2.00 bits per heavy atom. The molecule has 16 heavy (non-hydrogen) atoms. The van der Waals surface area contributed by atoms with E-state index >= 15 is 0 Å². The van der Waals surface area contributed by atoms with Crippen LogP contribution < -0.4 is 5.32 Å². The Labute approximate surface area is 96.4 Å². The van der Waals surface area contributed by atoms with E-state index in [1.165, 1.54) is 0 Å². The van der Waals surface area contributed by atoms with E-state index < -0.39 is 0 Å². The second kappa shape index (κ2) is 5.68. The zero-order valence-corrected chi connectivity index (χ0v) is 10.5. The van der Waals surface area contributed by atoms with Crippen LogP contribution in [0.3, 0.4) is 0 Å². The summed E-state index contributed by atoms with van der Waals surface area (Å²) in [5.41, 5.74) is 0.652. The number of carbonyl (C=O) groups excluding carboxylic acids is 1. The first-order chi connectivity index (χ1) is 7.58. The lowest BCUT2D eigenvalue weighted by Gasteiger charge is -2.12. The molecule has 0 bridgehead atoms. The van der Waals surface area contributed by atoms with Crippen molar-refractivity contribution in [3.63, 3.8) is 0 Å². The van der Waals surface area contributed by atoms with Gasteiger partial charge in [-0.05, 0) is 12.8 Å². The Morgan fingerprint density at radius 3 is 2.44 bits per heavy atom. The lowest BCUT2D eigenvalue weighted by molar-refractivity contribution is 0.0916. The van der Waals surface area contributed by atoms with Crippen LogP contribution in [0.25, 0.3) is 0 Å². The van der Waals surface area contributed by atoms with Crippen LogP contribution in [-0.4, -0.2) is 17.4 Å². The minimum atomic E-state index is -0.162. The van der Waals surface area contributed by atoms with E-state index in [9.17, 15) is 4.79 Å². The molecule has 4 nitrogen and oxygen atoms in total. The maximum absolute atomic E-state index is 11.8. The van der Waals surface area contributed by atoms with Gasteiger partial charge in [-0.2, -0.15) is 0 Å². The molecule has 4 heteroatoms. The lowest BCUT2D eigenvalue weighted by atomic mass is 10.0. The number of nitrogens with zero attached hydrogens (tertiary/aromatic N) is 1. The van der Waals surface area contributed by atoms with Gasteiger partial charge in [0, 0.05) is 13.5 Å². The van der Waals surface area contributed by atoms with E-state index in [2.05, 4.69) is 24.1 Å². The third kappa shape index (κ3) is 3.08. The standard InChI is InChI=1S/C12H20N2O2/c1-5-10(6-2)7-13-12(15)11-8(3)14-9(4)16-11/h10H,5-7H2,1-4H3,(H,13,15). The molecule has 90 valence electrons. The highest BCUT2D eigenvalue weighted by atomic mass is 16.4. The molecule has 0 radical (unpaired) electrons. The summed E-state index contributed by atoms with van der Waals surface area (Å²) in [5, 5.41) is 2.88. The summed E-state index contributed by atoms with van der Waals surface area (Å²) in [6.45, 7) is 8.48. The molecule has 0 aliphatic carbocycles. The van der Waals surface area contributed by atoms with Crippen LogP contribution in [0, 0.1) is 19.8 Å². The number of rotatable bonds is 5. The molecule has 0 aromatic carbocycles. The topological polar surface area (TPSA) is 55.1 Å². The minimum Gasteiger partial charge on any atom is -0.436 e. The van der Waals surface area contributed by atoms with Gasteiger partial charge in [0.05, 0.1) is 5.69 Å². The molecule has 0 saturated carbocycles. The molecule has 0 aliphatic rings. The van der Waals surface area contributed by atoms with Gasteiger partial charge in [0.1, 0.15) is 0 Å². The summed E-state index contributed by atoms with van der Waals surface area (Å²) in [5.74, 6) is 1.24. The Kier molecular flexibility index (Phi) is 4.52.